The highest BCUT2D eigenvalue weighted by Crippen LogP contribution is 2.05. The molecule has 0 amide bonds. The van der Waals surface area contributed by atoms with Crippen LogP contribution < -0.4 is 11.1 Å². The molecule has 0 fully saturated rings. The van der Waals surface area contributed by atoms with E-state index in [2.05, 4.69) is 5.32 Å². The minimum atomic E-state index is -0.606. The predicted molar refractivity (Wildman–Crippen MR) is 49.3 cm³/mol. The summed E-state index contributed by atoms with van der Waals surface area (Å²) in [6, 6.07) is 8.99. The molecule has 0 radical (unpaired) electrons. The number of nitrogens with zero attached hydrogens (tertiary/aromatic N) is 1. The van der Waals surface area contributed by atoms with Gasteiger partial charge in [-0.25, -0.2) is 0 Å². The van der Waals surface area contributed by atoms with Crippen LogP contribution in [0.2, 0.25) is 0 Å². The lowest BCUT2D eigenvalue weighted by molar-refractivity contribution is -0.403. The molecule has 1 aromatic carbocycles. The Bertz CT molecular complexity index is 321. The van der Waals surface area contributed by atoms with Gasteiger partial charge in [-0.2, -0.15) is 0 Å². The van der Waals surface area contributed by atoms with E-state index in [1.165, 1.54) is 0 Å². The zero-order valence-corrected chi connectivity index (χ0v) is 6.81. The highest BCUT2D eigenvalue weighted by molar-refractivity contribution is 5.46. The Morgan fingerprint density at radius 3 is 2.62 bits per heavy atom. The number of hydrogen-bond donors (Lipinski definition) is 2. The second kappa shape index (κ2) is 4.10. The lowest BCUT2D eigenvalue weighted by atomic mass is 10.3. The van der Waals surface area contributed by atoms with E-state index < -0.39 is 4.92 Å². The maximum absolute atomic E-state index is 10.0. The van der Waals surface area contributed by atoms with Crippen molar-refractivity contribution in [3.05, 3.63) is 52.5 Å². The summed E-state index contributed by atoms with van der Waals surface area (Å²) >= 11 is 0. The Labute approximate surface area is 75.0 Å². The number of nitrogens with two attached hydrogens (primary N) is 1. The molecule has 0 aliphatic heterocycles. The number of para-hydroxylation sites is 1. The quantitative estimate of drug-likeness (QED) is 0.538. The Morgan fingerprint density at radius 1 is 1.46 bits per heavy atom. The molecule has 1 aromatic rings. The molecule has 68 valence electrons. The van der Waals surface area contributed by atoms with E-state index in [4.69, 9.17) is 5.73 Å². The minimum absolute atomic E-state index is 0.0104. The van der Waals surface area contributed by atoms with Gasteiger partial charge in [-0.05, 0) is 12.1 Å². The van der Waals surface area contributed by atoms with Crippen LogP contribution in [-0.4, -0.2) is 4.92 Å². The fourth-order valence-corrected chi connectivity index (χ4v) is 0.834. The Morgan fingerprint density at radius 2 is 2.08 bits per heavy atom. The summed E-state index contributed by atoms with van der Waals surface area (Å²) in [5.41, 5.74) is 6.04. The van der Waals surface area contributed by atoms with Crippen LogP contribution in [0, 0.1) is 10.1 Å². The molecule has 1 rings (SSSR count). The van der Waals surface area contributed by atoms with Crippen molar-refractivity contribution in [2.45, 2.75) is 0 Å². The van der Waals surface area contributed by atoms with Crippen LogP contribution in [0.4, 0.5) is 5.69 Å². The van der Waals surface area contributed by atoms with Gasteiger partial charge in [0.25, 0.3) is 6.20 Å². The largest absolute Gasteiger partial charge is 0.380 e. The van der Waals surface area contributed by atoms with Crippen molar-refractivity contribution in [3.63, 3.8) is 0 Å². The molecule has 0 unspecified atom stereocenters. The highest BCUT2D eigenvalue weighted by atomic mass is 16.6. The molecular formula is C8H9N3O2. The summed E-state index contributed by atoms with van der Waals surface area (Å²) in [6.07, 6.45) is 0.715. The third kappa shape index (κ3) is 3.24. The van der Waals surface area contributed by atoms with Crippen molar-refractivity contribution in [1.29, 1.82) is 0 Å². The molecule has 0 aliphatic rings. The molecule has 0 bridgehead atoms. The third-order valence-corrected chi connectivity index (χ3v) is 1.31. The first kappa shape index (κ1) is 9.05. The number of benzene rings is 1. The Kier molecular flexibility index (Phi) is 2.86. The van der Waals surface area contributed by atoms with Gasteiger partial charge < -0.3 is 11.1 Å². The fourth-order valence-electron chi connectivity index (χ4n) is 0.834. The molecule has 0 heterocycles. The average molecular weight is 179 g/mol. The molecule has 3 N–H and O–H groups in total. The number of nitro groups is 1. The minimum Gasteiger partial charge on any atom is -0.380 e. The van der Waals surface area contributed by atoms with Crippen molar-refractivity contribution < 1.29 is 4.92 Å². The summed E-state index contributed by atoms with van der Waals surface area (Å²) in [5.74, 6) is 0.0104. The molecule has 0 atom stereocenters. The second-order valence-electron chi connectivity index (χ2n) is 2.36. The van der Waals surface area contributed by atoms with Gasteiger partial charge in [-0.1, -0.05) is 18.2 Å². The lowest BCUT2D eigenvalue weighted by Crippen LogP contribution is -2.10. The number of nitrogens with one attached hydrogen (secondary N) is 1. The highest BCUT2D eigenvalue weighted by Gasteiger charge is 1.96. The maximum Gasteiger partial charge on any atom is 0.274 e. The van der Waals surface area contributed by atoms with Gasteiger partial charge in [0.05, 0.1) is 4.92 Å². The summed E-state index contributed by atoms with van der Waals surface area (Å²) < 4.78 is 0. The summed E-state index contributed by atoms with van der Waals surface area (Å²) in [6.45, 7) is 0. The van der Waals surface area contributed by atoms with Gasteiger partial charge in [0.1, 0.15) is 0 Å². The van der Waals surface area contributed by atoms with Gasteiger partial charge in [0.15, 0.2) is 5.82 Å². The number of hydrogen-bond acceptors (Lipinski definition) is 4. The molecule has 5 heteroatoms. The molecule has 0 saturated carbocycles. The van der Waals surface area contributed by atoms with Gasteiger partial charge in [0.2, 0.25) is 0 Å². The second-order valence-corrected chi connectivity index (χ2v) is 2.36. The van der Waals surface area contributed by atoms with Crippen LogP contribution in [-0.2, 0) is 0 Å². The van der Waals surface area contributed by atoms with Crippen LogP contribution in [0.15, 0.2) is 42.4 Å². The SMILES string of the molecule is NC(=C[N+](=O)[O-])Nc1ccccc1. The van der Waals surface area contributed by atoms with E-state index in [1.54, 1.807) is 12.1 Å². The summed E-state index contributed by atoms with van der Waals surface area (Å²) in [5, 5.41) is 12.7. The van der Waals surface area contributed by atoms with E-state index >= 15 is 0 Å². The van der Waals surface area contributed by atoms with E-state index in [9.17, 15) is 10.1 Å². The fraction of sp³-hybridized carbons (Fsp3) is 0. The zero-order chi connectivity index (χ0) is 9.68. The number of rotatable bonds is 3. The lowest BCUT2D eigenvalue weighted by Gasteiger charge is -2.02. The average Bonchev–Trinajstić information content (AvgIpc) is 2.04. The van der Waals surface area contributed by atoms with Crippen LogP contribution in [0.25, 0.3) is 0 Å². The monoisotopic (exact) mass is 179 g/mol. The van der Waals surface area contributed by atoms with Gasteiger partial charge in [-0.3, -0.25) is 10.1 Å². The molecule has 0 spiro atoms. The van der Waals surface area contributed by atoms with Crippen molar-refractivity contribution in [2.24, 2.45) is 5.73 Å². The van der Waals surface area contributed by atoms with Crippen molar-refractivity contribution in [3.8, 4) is 0 Å². The topological polar surface area (TPSA) is 81.2 Å². The van der Waals surface area contributed by atoms with Gasteiger partial charge in [-0.15, -0.1) is 0 Å². The third-order valence-electron chi connectivity index (χ3n) is 1.31. The number of anilines is 1. The smallest absolute Gasteiger partial charge is 0.274 e. The van der Waals surface area contributed by atoms with Crippen LogP contribution >= 0.6 is 0 Å². The van der Waals surface area contributed by atoms with Gasteiger partial charge >= 0.3 is 0 Å². The zero-order valence-electron chi connectivity index (χ0n) is 6.81. The maximum atomic E-state index is 10.0. The standard InChI is InChI=1S/C8H9N3O2/c9-8(6-11(12)13)10-7-4-2-1-3-5-7/h1-6,10H,9H2. The summed E-state index contributed by atoms with van der Waals surface area (Å²) in [4.78, 5) is 9.40. The first-order valence-electron chi connectivity index (χ1n) is 3.61. The normalized spacial score (nSPS) is 10.9. The first-order chi connectivity index (χ1) is 6.18. The molecule has 0 aromatic heterocycles. The molecule has 5 nitrogen and oxygen atoms in total. The van der Waals surface area contributed by atoms with Gasteiger partial charge in [0, 0.05) is 5.69 Å². The van der Waals surface area contributed by atoms with Crippen molar-refractivity contribution in [2.75, 3.05) is 5.32 Å². The molecule has 13 heavy (non-hydrogen) atoms. The first-order valence-corrected chi connectivity index (χ1v) is 3.61. The molecule has 0 saturated heterocycles. The predicted octanol–water partition coefficient (Wildman–Crippen LogP) is 1.13. The van der Waals surface area contributed by atoms with Crippen molar-refractivity contribution in [1.82, 2.24) is 0 Å². The van der Waals surface area contributed by atoms with E-state index in [0.717, 1.165) is 5.69 Å². The molecular weight excluding hydrogens is 170 g/mol. The van der Waals surface area contributed by atoms with E-state index in [0.29, 0.717) is 6.20 Å². The van der Waals surface area contributed by atoms with Crippen LogP contribution in [0.5, 0.6) is 0 Å². The van der Waals surface area contributed by atoms with E-state index in [1.807, 2.05) is 18.2 Å². The Hall–Kier alpha value is -2.04. The van der Waals surface area contributed by atoms with Crippen LogP contribution in [0.1, 0.15) is 0 Å². The Balaban J connectivity index is 2.65. The van der Waals surface area contributed by atoms with Crippen LogP contribution in [0.3, 0.4) is 0 Å². The molecule has 0 aliphatic carbocycles. The van der Waals surface area contributed by atoms with E-state index in [-0.39, 0.29) is 5.82 Å². The summed E-state index contributed by atoms with van der Waals surface area (Å²) in [7, 11) is 0. The van der Waals surface area contributed by atoms with Crippen molar-refractivity contribution >= 4 is 5.69 Å².